The van der Waals surface area contributed by atoms with Crippen molar-refractivity contribution in [3.8, 4) is 0 Å². The van der Waals surface area contributed by atoms with Crippen LogP contribution in [0.3, 0.4) is 0 Å². The molecule has 0 saturated heterocycles. The molecule has 1 aliphatic rings. The van der Waals surface area contributed by atoms with Crippen LogP contribution in [0.25, 0.3) is 0 Å². The Labute approximate surface area is 54.8 Å². The van der Waals surface area contributed by atoms with Crippen LogP contribution < -0.4 is 0 Å². The summed E-state index contributed by atoms with van der Waals surface area (Å²) in [7, 11) is 0. The van der Waals surface area contributed by atoms with Gasteiger partial charge in [-0.3, -0.25) is 0 Å². The van der Waals surface area contributed by atoms with Gasteiger partial charge < -0.3 is 10.2 Å². The molecule has 2 N–H and O–H groups in total. The van der Waals surface area contributed by atoms with E-state index in [-0.39, 0.29) is 12.7 Å². The van der Waals surface area contributed by atoms with Crippen molar-refractivity contribution in [2.24, 2.45) is 5.92 Å². The molecular formula is C7H12O2. The van der Waals surface area contributed by atoms with Crippen LogP contribution >= 0.6 is 0 Å². The van der Waals surface area contributed by atoms with Crippen molar-refractivity contribution < 1.29 is 10.2 Å². The fourth-order valence-electron chi connectivity index (χ4n) is 1.21. The summed E-state index contributed by atoms with van der Waals surface area (Å²) >= 11 is 0. The number of aliphatic hydroxyl groups excluding tert-OH is 2. The SMILES string of the molecule is C[C@@H]1C=C(CO)[C@@H](O)C1. The van der Waals surface area contributed by atoms with Crippen molar-refractivity contribution in [2.75, 3.05) is 6.61 Å². The molecule has 0 aromatic carbocycles. The second-order valence-electron chi connectivity index (χ2n) is 2.63. The summed E-state index contributed by atoms with van der Waals surface area (Å²) in [5.41, 5.74) is 0.780. The second kappa shape index (κ2) is 2.50. The van der Waals surface area contributed by atoms with E-state index in [0.717, 1.165) is 12.0 Å². The maximum Gasteiger partial charge on any atom is 0.0777 e. The van der Waals surface area contributed by atoms with E-state index in [4.69, 9.17) is 10.2 Å². The molecule has 52 valence electrons. The van der Waals surface area contributed by atoms with Gasteiger partial charge in [0.05, 0.1) is 12.7 Å². The smallest absolute Gasteiger partial charge is 0.0777 e. The fraction of sp³-hybridized carbons (Fsp3) is 0.714. The number of rotatable bonds is 1. The summed E-state index contributed by atoms with van der Waals surface area (Å²) in [6.45, 7) is 2.04. The van der Waals surface area contributed by atoms with E-state index in [9.17, 15) is 0 Å². The monoisotopic (exact) mass is 128 g/mol. The molecule has 0 bridgehead atoms. The van der Waals surface area contributed by atoms with Crippen LogP contribution in [-0.4, -0.2) is 22.9 Å². The van der Waals surface area contributed by atoms with E-state index in [0.29, 0.717) is 5.92 Å². The summed E-state index contributed by atoms with van der Waals surface area (Å²) in [6, 6.07) is 0. The lowest BCUT2D eigenvalue weighted by Crippen LogP contribution is -2.08. The standard InChI is InChI=1S/C7H12O2/c1-5-2-6(4-8)7(9)3-5/h2,5,7-9H,3-4H2,1H3/t5-,7+/m1/s1. The van der Waals surface area contributed by atoms with Gasteiger partial charge in [0.1, 0.15) is 0 Å². The molecule has 0 heterocycles. The van der Waals surface area contributed by atoms with Crippen molar-refractivity contribution in [2.45, 2.75) is 19.4 Å². The van der Waals surface area contributed by atoms with Crippen LogP contribution in [0.15, 0.2) is 11.6 Å². The highest BCUT2D eigenvalue weighted by molar-refractivity contribution is 5.16. The molecular weight excluding hydrogens is 116 g/mol. The summed E-state index contributed by atoms with van der Waals surface area (Å²) in [4.78, 5) is 0. The van der Waals surface area contributed by atoms with Crippen LogP contribution in [-0.2, 0) is 0 Å². The Hall–Kier alpha value is -0.340. The predicted molar refractivity (Wildman–Crippen MR) is 35.0 cm³/mol. The van der Waals surface area contributed by atoms with Gasteiger partial charge in [-0.15, -0.1) is 0 Å². The first-order chi connectivity index (χ1) is 4.24. The minimum atomic E-state index is -0.384. The maximum absolute atomic E-state index is 9.13. The zero-order chi connectivity index (χ0) is 6.85. The Bertz CT molecular complexity index is 129. The molecule has 0 amide bonds. The molecule has 1 aliphatic carbocycles. The minimum Gasteiger partial charge on any atom is -0.392 e. The van der Waals surface area contributed by atoms with Crippen molar-refractivity contribution in [3.63, 3.8) is 0 Å². The van der Waals surface area contributed by atoms with E-state index in [1.165, 1.54) is 0 Å². The largest absolute Gasteiger partial charge is 0.392 e. The van der Waals surface area contributed by atoms with Gasteiger partial charge in [-0.1, -0.05) is 13.0 Å². The topological polar surface area (TPSA) is 40.5 Å². The Morgan fingerprint density at radius 3 is 2.67 bits per heavy atom. The summed E-state index contributed by atoms with van der Waals surface area (Å²) in [6.07, 6.45) is 2.32. The van der Waals surface area contributed by atoms with Gasteiger partial charge >= 0.3 is 0 Å². The van der Waals surface area contributed by atoms with E-state index in [2.05, 4.69) is 0 Å². The van der Waals surface area contributed by atoms with Crippen LogP contribution in [0.1, 0.15) is 13.3 Å². The normalized spacial score (nSPS) is 34.8. The Kier molecular flexibility index (Phi) is 1.88. The van der Waals surface area contributed by atoms with Gasteiger partial charge in [-0.25, -0.2) is 0 Å². The van der Waals surface area contributed by atoms with Crippen LogP contribution in [0.2, 0.25) is 0 Å². The molecule has 0 aromatic heterocycles. The van der Waals surface area contributed by atoms with E-state index in [1.54, 1.807) is 0 Å². The zero-order valence-corrected chi connectivity index (χ0v) is 5.54. The molecule has 0 radical (unpaired) electrons. The first-order valence-corrected chi connectivity index (χ1v) is 3.23. The summed E-state index contributed by atoms with van der Waals surface area (Å²) < 4.78 is 0. The number of hydrogen-bond acceptors (Lipinski definition) is 2. The number of aliphatic hydroxyl groups is 2. The predicted octanol–water partition coefficient (Wildman–Crippen LogP) is 0.306. The number of allylic oxidation sites excluding steroid dienone is 1. The van der Waals surface area contributed by atoms with Crippen LogP contribution in [0, 0.1) is 5.92 Å². The molecule has 9 heavy (non-hydrogen) atoms. The molecule has 0 unspecified atom stereocenters. The van der Waals surface area contributed by atoms with E-state index >= 15 is 0 Å². The van der Waals surface area contributed by atoms with Gasteiger partial charge in [0, 0.05) is 0 Å². The third kappa shape index (κ3) is 1.32. The molecule has 0 spiro atoms. The van der Waals surface area contributed by atoms with Crippen molar-refractivity contribution in [1.82, 2.24) is 0 Å². The first kappa shape index (κ1) is 6.78. The Balaban J connectivity index is 2.57. The average Bonchev–Trinajstić information content (AvgIpc) is 2.10. The highest BCUT2D eigenvalue weighted by Crippen LogP contribution is 2.23. The molecule has 2 atom stereocenters. The van der Waals surface area contributed by atoms with Gasteiger partial charge in [-0.05, 0) is 17.9 Å². The van der Waals surface area contributed by atoms with Gasteiger partial charge in [0.15, 0.2) is 0 Å². The quantitative estimate of drug-likeness (QED) is 0.499. The van der Waals surface area contributed by atoms with Gasteiger partial charge in [-0.2, -0.15) is 0 Å². The highest BCUT2D eigenvalue weighted by Gasteiger charge is 2.19. The minimum absolute atomic E-state index is 0.00546. The molecule has 0 saturated carbocycles. The van der Waals surface area contributed by atoms with E-state index in [1.807, 2.05) is 13.0 Å². The van der Waals surface area contributed by atoms with Crippen molar-refractivity contribution >= 4 is 0 Å². The third-order valence-electron chi connectivity index (χ3n) is 1.70. The highest BCUT2D eigenvalue weighted by atomic mass is 16.3. The van der Waals surface area contributed by atoms with Crippen LogP contribution in [0.5, 0.6) is 0 Å². The van der Waals surface area contributed by atoms with Gasteiger partial charge in [0.2, 0.25) is 0 Å². The van der Waals surface area contributed by atoms with Gasteiger partial charge in [0.25, 0.3) is 0 Å². The molecule has 2 heteroatoms. The lowest BCUT2D eigenvalue weighted by atomic mass is 10.1. The molecule has 0 aliphatic heterocycles. The Morgan fingerprint density at radius 1 is 1.78 bits per heavy atom. The van der Waals surface area contributed by atoms with Crippen LogP contribution in [0.4, 0.5) is 0 Å². The fourth-order valence-corrected chi connectivity index (χ4v) is 1.21. The zero-order valence-electron chi connectivity index (χ0n) is 5.54. The summed E-state index contributed by atoms with van der Waals surface area (Å²) in [5.74, 6) is 0.433. The molecule has 0 fully saturated rings. The molecule has 2 nitrogen and oxygen atoms in total. The maximum atomic E-state index is 9.13. The third-order valence-corrected chi connectivity index (χ3v) is 1.70. The second-order valence-corrected chi connectivity index (χ2v) is 2.63. The van der Waals surface area contributed by atoms with E-state index < -0.39 is 0 Å². The lowest BCUT2D eigenvalue weighted by molar-refractivity contribution is 0.183. The van der Waals surface area contributed by atoms with Crippen molar-refractivity contribution in [1.29, 1.82) is 0 Å². The first-order valence-electron chi connectivity index (χ1n) is 3.23. The molecule has 0 aromatic rings. The molecule has 1 rings (SSSR count). The number of hydrogen-bond donors (Lipinski definition) is 2. The summed E-state index contributed by atoms with van der Waals surface area (Å²) in [5, 5.41) is 17.8. The average molecular weight is 128 g/mol. The lowest BCUT2D eigenvalue weighted by Gasteiger charge is -2.03. The van der Waals surface area contributed by atoms with Crippen molar-refractivity contribution in [3.05, 3.63) is 11.6 Å². The Morgan fingerprint density at radius 2 is 2.44 bits per heavy atom.